The standard InChI is InChI=1S/C13H19NO2.C8H12N4O.2C2H2/c1-3-16-13-11(10-7-8-14-9-10)5-4-6-12(13)15-2;13-7-11-3-1-8(2-4-11)12-5-9-10-6-12;2*1-2/h4-6,10,14H,3,7-9H2,1-2H3;5-8H,1-4H2;2*1-2H/p+2/t10-;;;/m0.../s1. The van der Waals surface area contributed by atoms with E-state index in [0.29, 0.717) is 18.6 Å². The molecular weight excluding hydrogens is 418 g/mol. The molecule has 3 N–H and O–H groups in total. The molecule has 0 spiro atoms. The van der Waals surface area contributed by atoms with E-state index < -0.39 is 0 Å². The predicted octanol–water partition coefficient (Wildman–Crippen LogP) is 1.13. The van der Waals surface area contributed by atoms with E-state index in [1.807, 2.05) is 24.2 Å². The third-order valence-electron chi connectivity index (χ3n) is 5.67. The lowest BCUT2D eigenvalue weighted by Crippen LogP contribution is -2.81. The minimum Gasteiger partial charge on any atom is -0.493 e. The van der Waals surface area contributed by atoms with Crippen LogP contribution >= 0.6 is 0 Å². The maximum atomic E-state index is 10.5. The number of aromatic nitrogens is 3. The van der Waals surface area contributed by atoms with Gasteiger partial charge in [-0.3, -0.25) is 4.79 Å². The Balaban J connectivity index is 0.000000291. The van der Waals surface area contributed by atoms with Gasteiger partial charge in [-0.1, -0.05) is 12.1 Å². The zero-order chi connectivity index (χ0) is 24.5. The van der Waals surface area contributed by atoms with Crippen LogP contribution in [0.2, 0.25) is 0 Å². The largest absolute Gasteiger partial charge is 0.493 e. The van der Waals surface area contributed by atoms with Gasteiger partial charge >= 0.3 is 0 Å². The van der Waals surface area contributed by atoms with Gasteiger partial charge in [0, 0.05) is 36.1 Å². The van der Waals surface area contributed by atoms with Crippen molar-refractivity contribution in [1.29, 1.82) is 0 Å². The number of amides is 1. The van der Waals surface area contributed by atoms with Gasteiger partial charge in [-0.05, 0) is 25.8 Å². The normalized spacial score (nSPS) is 17.2. The molecule has 4 rings (SSSR count). The van der Waals surface area contributed by atoms with E-state index in [-0.39, 0.29) is 0 Å². The van der Waals surface area contributed by atoms with Gasteiger partial charge in [0.25, 0.3) is 6.33 Å². The molecule has 8 nitrogen and oxygen atoms in total. The number of hydrogen-bond donors (Lipinski definition) is 2. The summed E-state index contributed by atoms with van der Waals surface area (Å²) in [5.41, 5.74) is 1.30. The van der Waals surface area contributed by atoms with Crippen molar-refractivity contribution in [2.24, 2.45) is 0 Å². The van der Waals surface area contributed by atoms with Crippen LogP contribution in [0.3, 0.4) is 0 Å². The zero-order valence-corrected chi connectivity index (χ0v) is 19.7. The molecule has 0 aliphatic carbocycles. The molecule has 3 heterocycles. The van der Waals surface area contributed by atoms with Gasteiger partial charge in [0.2, 0.25) is 12.7 Å². The lowest BCUT2D eigenvalue weighted by Gasteiger charge is -2.27. The minimum atomic E-state index is 0.495. The second kappa shape index (κ2) is 16.2. The number of nitrogens with zero attached hydrogens (tertiary/aromatic N) is 3. The topological polar surface area (TPSA) is 87.9 Å². The summed E-state index contributed by atoms with van der Waals surface area (Å²) in [6.45, 7) is 6.78. The maximum absolute atomic E-state index is 10.5. The van der Waals surface area contributed by atoms with E-state index in [1.54, 1.807) is 13.4 Å². The monoisotopic (exact) mass is 455 g/mol. The molecule has 8 heteroatoms. The number of nitrogens with two attached hydrogens (primary N) is 1. The molecule has 1 aromatic heterocycles. The molecule has 2 aliphatic rings. The zero-order valence-electron chi connectivity index (χ0n) is 19.7. The highest BCUT2D eigenvalue weighted by molar-refractivity contribution is 5.48. The van der Waals surface area contributed by atoms with Gasteiger partial charge in [0.05, 0.1) is 32.8 Å². The number of nitrogens with one attached hydrogen (secondary N) is 1. The summed E-state index contributed by atoms with van der Waals surface area (Å²) >= 11 is 0. The molecule has 1 amide bonds. The number of aromatic amines is 1. The van der Waals surface area contributed by atoms with Crippen LogP contribution in [0.4, 0.5) is 0 Å². The highest BCUT2D eigenvalue weighted by Gasteiger charge is 2.25. The molecule has 1 aromatic carbocycles. The quantitative estimate of drug-likeness (QED) is 0.388. The van der Waals surface area contributed by atoms with Gasteiger partial charge in [0.1, 0.15) is 0 Å². The van der Waals surface area contributed by atoms with Gasteiger partial charge < -0.3 is 19.7 Å². The fourth-order valence-electron chi connectivity index (χ4n) is 4.07. The molecule has 178 valence electrons. The van der Waals surface area contributed by atoms with Crippen LogP contribution in [0.15, 0.2) is 30.9 Å². The van der Waals surface area contributed by atoms with E-state index in [4.69, 9.17) is 9.47 Å². The van der Waals surface area contributed by atoms with E-state index in [1.165, 1.54) is 18.5 Å². The first-order chi connectivity index (χ1) is 16.3. The molecule has 2 aromatic rings. The average molecular weight is 456 g/mol. The Morgan fingerprint density at radius 1 is 1.24 bits per heavy atom. The molecule has 0 radical (unpaired) electrons. The van der Waals surface area contributed by atoms with Crippen LogP contribution in [0.25, 0.3) is 0 Å². The number of carbonyl (C=O) groups excluding carboxylic acids is 1. The van der Waals surface area contributed by atoms with Crippen LogP contribution in [0, 0.1) is 25.7 Å². The first kappa shape index (κ1) is 27.5. The Morgan fingerprint density at radius 3 is 2.48 bits per heavy atom. The molecule has 2 fully saturated rings. The second-order valence-corrected chi connectivity index (χ2v) is 7.43. The Hall–Kier alpha value is -3.49. The molecule has 2 saturated heterocycles. The summed E-state index contributed by atoms with van der Waals surface area (Å²) in [5, 5.41) is 9.03. The SMILES string of the molecule is C#C.C#C.CCOc1c(OC)cccc1[C@H]1CC[NH2+]C1.O=CN1CCC([n+]2cn[nH]c2)CC1. The second-order valence-electron chi connectivity index (χ2n) is 7.43. The van der Waals surface area contributed by atoms with Crippen LogP contribution in [-0.4, -0.2) is 61.4 Å². The number of methoxy groups -OCH3 is 1. The van der Waals surface area contributed by atoms with Crippen molar-refractivity contribution in [3.8, 4) is 37.2 Å². The Bertz CT molecular complexity index is 815. The lowest BCUT2D eigenvalue weighted by atomic mass is 9.97. The first-order valence-electron chi connectivity index (χ1n) is 11.1. The number of hydrogen-bond acceptors (Lipinski definition) is 4. The maximum Gasteiger partial charge on any atom is 0.265 e. The van der Waals surface area contributed by atoms with Crippen molar-refractivity contribution in [2.45, 2.75) is 38.1 Å². The highest BCUT2D eigenvalue weighted by Crippen LogP contribution is 2.36. The summed E-state index contributed by atoms with van der Waals surface area (Å²) in [6, 6.07) is 6.68. The lowest BCUT2D eigenvalue weighted by molar-refractivity contribution is -0.725. The van der Waals surface area contributed by atoms with Crippen molar-refractivity contribution in [2.75, 3.05) is 39.9 Å². The van der Waals surface area contributed by atoms with Gasteiger partial charge in [-0.2, -0.15) is 0 Å². The van der Waals surface area contributed by atoms with Crippen molar-refractivity contribution in [3.05, 3.63) is 36.4 Å². The summed E-state index contributed by atoms with van der Waals surface area (Å²) in [5.74, 6) is 2.40. The van der Waals surface area contributed by atoms with E-state index in [2.05, 4.69) is 57.9 Å². The molecule has 0 unspecified atom stereocenters. The molecule has 1 atom stereocenters. The molecule has 0 bridgehead atoms. The third-order valence-corrected chi connectivity index (χ3v) is 5.67. The van der Waals surface area contributed by atoms with Crippen molar-refractivity contribution in [3.63, 3.8) is 0 Å². The number of para-hydroxylation sites is 1. The number of carbonyl (C=O) groups is 1. The molecular formula is C25H37N5O3+2. The summed E-state index contributed by atoms with van der Waals surface area (Å²) < 4.78 is 13.2. The Kier molecular flexibility index (Phi) is 13.5. The summed E-state index contributed by atoms with van der Waals surface area (Å²) in [7, 11) is 1.70. The first-order valence-corrected chi connectivity index (χ1v) is 11.1. The number of terminal acetylenes is 2. The van der Waals surface area contributed by atoms with Gasteiger partial charge in [0.15, 0.2) is 11.5 Å². The Morgan fingerprint density at radius 2 is 1.97 bits per heavy atom. The highest BCUT2D eigenvalue weighted by atomic mass is 16.5. The van der Waals surface area contributed by atoms with Crippen molar-refractivity contribution >= 4 is 6.41 Å². The predicted molar refractivity (Wildman–Crippen MR) is 128 cm³/mol. The summed E-state index contributed by atoms with van der Waals surface area (Å²) in [4.78, 5) is 12.3. The van der Waals surface area contributed by atoms with Gasteiger partial charge in [-0.15, -0.1) is 30.8 Å². The van der Waals surface area contributed by atoms with Crippen molar-refractivity contribution in [1.82, 2.24) is 15.1 Å². The van der Waals surface area contributed by atoms with Gasteiger partial charge in [-0.25, -0.2) is 4.57 Å². The molecule has 33 heavy (non-hydrogen) atoms. The van der Waals surface area contributed by atoms with E-state index in [9.17, 15) is 4.79 Å². The number of benzene rings is 1. The number of rotatable bonds is 6. The number of ether oxygens (including phenoxy) is 2. The van der Waals surface area contributed by atoms with Crippen LogP contribution in [0.1, 0.15) is 43.7 Å². The Labute approximate surface area is 197 Å². The van der Waals surface area contributed by atoms with Crippen LogP contribution < -0.4 is 19.4 Å². The van der Waals surface area contributed by atoms with E-state index >= 15 is 0 Å². The summed E-state index contributed by atoms with van der Waals surface area (Å²) in [6.07, 6.45) is 23.8. The minimum absolute atomic E-state index is 0.495. The molecule has 2 aliphatic heterocycles. The molecule has 0 saturated carbocycles. The third kappa shape index (κ3) is 8.17. The van der Waals surface area contributed by atoms with Crippen molar-refractivity contribution < 1.29 is 24.2 Å². The number of piperidine rings is 1. The average Bonchev–Trinajstić information content (AvgIpc) is 3.62. The van der Waals surface area contributed by atoms with E-state index in [0.717, 1.165) is 50.4 Å². The fraction of sp³-hybridized carbons (Fsp3) is 0.480. The number of quaternary nitrogens is 1. The number of H-pyrrole nitrogens is 1. The van der Waals surface area contributed by atoms with Crippen LogP contribution in [0.5, 0.6) is 11.5 Å². The fourth-order valence-corrected chi connectivity index (χ4v) is 4.07. The smallest absolute Gasteiger partial charge is 0.265 e. The number of likely N-dealkylation sites (tertiary alicyclic amines) is 1. The van der Waals surface area contributed by atoms with Crippen LogP contribution in [-0.2, 0) is 4.79 Å².